The quantitative estimate of drug-likeness (QED) is 0.134. The van der Waals surface area contributed by atoms with Crippen LogP contribution in [0.1, 0.15) is 17.3 Å². The van der Waals surface area contributed by atoms with Gasteiger partial charge in [-0.15, -0.1) is 0 Å². The molecule has 1 unspecified atom stereocenters. The predicted octanol–water partition coefficient (Wildman–Crippen LogP) is 5.02. The molecule has 4 aromatic rings. The number of Topliss-reactive ketones (excluding diaryl/α,β-unsaturated/α-hetero) is 1. The minimum absolute atomic E-state index is 0.0853. The molecule has 12 heteroatoms. The van der Waals surface area contributed by atoms with Crippen LogP contribution in [0.15, 0.2) is 66.4 Å². The zero-order valence-electron chi connectivity index (χ0n) is 17.4. The van der Waals surface area contributed by atoms with Gasteiger partial charge in [-0.3, -0.25) is 29.6 Å². The number of amides is 1. The Morgan fingerprint density at radius 1 is 1.17 bits per heavy atom. The summed E-state index contributed by atoms with van der Waals surface area (Å²) in [6.45, 7) is 0. The molecule has 1 N–H and O–H groups in total. The third kappa shape index (κ3) is 3.80. The Kier molecular flexibility index (Phi) is 5.50. The van der Waals surface area contributed by atoms with E-state index in [0.717, 1.165) is 16.2 Å². The first kappa shape index (κ1) is 22.6. The molecule has 35 heavy (non-hydrogen) atoms. The second kappa shape index (κ2) is 8.53. The number of thiazole rings is 1. The summed E-state index contributed by atoms with van der Waals surface area (Å²) in [6.07, 6.45) is 1.47. The summed E-state index contributed by atoms with van der Waals surface area (Å²) in [4.78, 5) is 46.4. The van der Waals surface area contributed by atoms with Crippen molar-refractivity contribution in [2.45, 2.75) is 6.04 Å². The summed E-state index contributed by atoms with van der Waals surface area (Å²) in [6, 6.07) is 11.1. The van der Waals surface area contributed by atoms with Gasteiger partial charge in [0.1, 0.15) is 17.6 Å². The molecular formula is C23H12ClFN4O5S. The number of nitrogens with zero attached hydrogens (tertiary/aromatic N) is 4. The minimum atomic E-state index is -1.15. The number of aliphatic hydroxyl groups excluding tert-OH is 1. The number of non-ortho nitro benzene ring substituents is 1. The molecule has 0 bridgehead atoms. The number of ketones is 1. The van der Waals surface area contributed by atoms with Gasteiger partial charge in [0.2, 0.25) is 0 Å². The smallest absolute Gasteiger partial charge is 0.301 e. The van der Waals surface area contributed by atoms with Gasteiger partial charge in [-0.2, -0.15) is 0 Å². The van der Waals surface area contributed by atoms with E-state index >= 15 is 0 Å². The lowest BCUT2D eigenvalue weighted by Crippen LogP contribution is -2.29. The molecule has 2 aromatic heterocycles. The Hall–Kier alpha value is -4.22. The van der Waals surface area contributed by atoms with Gasteiger partial charge in [0, 0.05) is 23.9 Å². The number of nitro groups is 1. The van der Waals surface area contributed by atoms with Gasteiger partial charge in [0.25, 0.3) is 11.5 Å². The van der Waals surface area contributed by atoms with Gasteiger partial charge in [-0.1, -0.05) is 29.0 Å². The van der Waals surface area contributed by atoms with Gasteiger partial charge in [0.15, 0.2) is 5.13 Å². The molecule has 3 heterocycles. The second-order valence-electron chi connectivity index (χ2n) is 7.46. The minimum Gasteiger partial charge on any atom is -0.507 e. The van der Waals surface area contributed by atoms with Crippen LogP contribution in [0.2, 0.25) is 5.02 Å². The molecule has 1 amide bonds. The summed E-state index contributed by atoms with van der Waals surface area (Å²) >= 11 is 6.83. The van der Waals surface area contributed by atoms with E-state index in [1.165, 1.54) is 42.6 Å². The van der Waals surface area contributed by atoms with Gasteiger partial charge in [-0.05, 0) is 36.4 Å². The van der Waals surface area contributed by atoms with Crippen molar-refractivity contribution in [1.82, 2.24) is 9.97 Å². The van der Waals surface area contributed by atoms with Crippen molar-refractivity contribution in [2.75, 3.05) is 4.90 Å². The van der Waals surface area contributed by atoms with E-state index < -0.39 is 34.2 Å². The molecular weight excluding hydrogens is 499 g/mol. The van der Waals surface area contributed by atoms with Crippen LogP contribution >= 0.6 is 22.9 Å². The molecule has 1 saturated heterocycles. The highest BCUT2D eigenvalue weighted by Gasteiger charge is 2.48. The average Bonchev–Trinajstić information content (AvgIpc) is 3.37. The van der Waals surface area contributed by atoms with Gasteiger partial charge >= 0.3 is 5.91 Å². The van der Waals surface area contributed by atoms with Crippen LogP contribution in [0.3, 0.4) is 0 Å². The van der Waals surface area contributed by atoms with E-state index in [-0.39, 0.29) is 32.7 Å². The van der Waals surface area contributed by atoms with Gasteiger partial charge in [-0.25, -0.2) is 9.37 Å². The molecule has 1 fully saturated rings. The number of nitro benzene ring substituents is 1. The van der Waals surface area contributed by atoms with Gasteiger partial charge < -0.3 is 5.11 Å². The highest BCUT2D eigenvalue weighted by atomic mass is 35.5. The van der Waals surface area contributed by atoms with E-state index in [1.54, 1.807) is 18.2 Å². The molecule has 174 valence electrons. The van der Waals surface area contributed by atoms with Crippen molar-refractivity contribution in [3.05, 3.63) is 98.6 Å². The standard InChI is InChI=1S/C23H12ClFN4O5S/c24-13-9-16-17(10-14(13)25)35-23(27-16)28-19(15-3-1-2-8-26-15)18(21(31)22(28)32)20(30)11-4-6-12(7-5-11)29(33)34/h1-10,19,30H/b20-18+. The molecule has 1 atom stereocenters. The maximum atomic E-state index is 14.0. The lowest BCUT2D eigenvalue weighted by molar-refractivity contribution is -0.384. The monoisotopic (exact) mass is 510 g/mol. The number of halogens is 2. The fourth-order valence-electron chi connectivity index (χ4n) is 3.76. The number of carbonyl (C=O) groups is 2. The van der Waals surface area contributed by atoms with Crippen molar-refractivity contribution >= 4 is 61.4 Å². The predicted molar refractivity (Wildman–Crippen MR) is 127 cm³/mol. The zero-order chi connectivity index (χ0) is 24.9. The summed E-state index contributed by atoms with van der Waals surface area (Å²) in [5.74, 6) is -3.13. The number of aliphatic hydroxyl groups is 1. The lowest BCUT2D eigenvalue weighted by Gasteiger charge is -2.21. The Bertz CT molecular complexity index is 1520. The molecule has 1 aliphatic rings. The van der Waals surface area contributed by atoms with E-state index in [0.29, 0.717) is 10.2 Å². The van der Waals surface area contributed by atoms with Crippen molar-refractivity contribution < 1.29 is 24.0 Å². The highest BCUT2D eigenvalue weighted by Crippen LogP contribution is 2.44. The number of anilines is 1. The zero-order valence-corrected chi connectivity index (χ0v) is 19.0. The maximum absolute atomic E-state index is 14.0. The molecule has 0 spiro atoms. The molecule has 1 aliphatic heterocycles. The fourth-order valence-corrected chi connectivity index (χ4v) is 4.92. The van der Waals surface area contributed by atoms with E-state index in [9.17, 15) is 29.2 Å². The van der Waals surface area contributed by atoms with Crippen molar-refractivity contribution in [2.24, 2.45) is 0 Å². The molecule has 0 radical (unpaired) electrons. The first-order valence-corrected chi connectivity index (χ1v) is 11.2. The van der Waals surface area contributed by atoms with Crippen LogP contribution in [-0.2, 0) is 9.59 Å². The molecule has 0 aliphatic carbocycles. The van der Waals surface area contributed by atoms with Crippen LogP contribution in [-0.4, -0.2) is 31.7 Å². The third-order valence-corrected chi connectivity index (χ3v) is 6.70. The normalized spacial score (nSPS) is 17.3. The Morgan fingerprint density at radius 3 is 2.57 bits per heavy atom. The van der Waals surface area contributed by atoms with Crippen molar-refractivity contribution in [3.8, 4) is 0 Å². The van der Waals surface area contributed by atoms with E-state index in [2.05, 4.69) is 9.97 Å². The number of rotatable bonds is 4. The first-order chi connectivity index (χ1) is 16.8. The SMILES string of the molecule is O=C1C(=O)N(c2nc3cc(Cl)c(F)cc3s2)C(c2ccccn2)/C1=C(\O)c1ccc([N+](=O)[O-])cc1. The van der Waals surface area contributed by atoms with Gasteiger partial charge in [0.05, 0.1) is 31.4 Å². The van der Waals surface area contributed by atoms with Crippen LogP contribution in [0.25, 0.3) is 16.0 Å². The Balaban J connectivity index is 1.70. The Morgan fingerprint density at radius 2 is 1.91 bits per heavy atom. The third-order valence-electron chi connectivity index (χ3n) is 5.39. The molecule has 5 rings (SSSR count). The topological polar surface area (TPSA) is 127 Å². The summed E-state index contributed by atoms with van der Waals surface area (Å²) in [5, 5.41) is 22.0. The fraction of sp³-hybridized carbons (Fsp3) is 0.0435. The number of benzene rings is 2. The summed E-state index contributed by atoms with van der Waals surface area (Å²) < 4.78 is 14.4. The molecule has 0 saturated carbocycles. The van der Waals surface area contributed by atoms with Crippen LogP contribution < -0.4 is 4.90 Å². The number of hydrogen-bond donors (Lipinski definition) is 1. The second-order valence-corrected chi connectivity index (χ2v) is 8.87. The maximum Gasteiger partial charge on any atom is 0.301 e. The molecule has 9 nitrogen and oxygen atoms in total. The highest BCUT2D eigenvalue weighted by molar-refractivity contribution is 7.22. The number of fused-ring (bicyclic) bond motifs is 1. The number of carbonyl (C=O) groups excluding carboxylic acids is 2. The van der Waals surface area contributed by atoms with Crippen LogP contribution in [0, 0.1) is 15.9 Å². The first-order valence-electron chi connectivity index (χ1n) is 9.98. The lowest BCUT2D eigenvalue weighted by atomic mass is 9.98. The van der Waals surface area contributed by atoms with Crippen molar-refractivity contribution in [3.63, 3.8) is 0 Å². The number of aromatic nitrogens is 2. The van der Waals surface area contributed by atoms with Crippen molar-refractivity contribution in [1.29, 1.82) is 0 Å². The summed E-state index contributed by atoms with van der Waals surface area (Å²) in [7, 11) is 0. The Labute approximate surface area is 204 Å². The number of pyridine rings is 1. The van der Waals surface area contributed by atoms with E-state index in [4.69, 9.17) is 11.6 Å². The summed E-state index contributed by atoms with van der Waals surface area (Å²) in [5.41, 5.74) is 0.245. The average molecular weight is 511 g/mol. The molecule has 2 aromatic carbocycles. The van der Waals surface area contributed by atoms with Crippen LogP contribution in [0.4, 0.5) is 15.2 Å². The van der Waals surface area contributed by atoms with Crippen LogP contribution in [0.5, 0.6) is 0 Å². The largest absolute Gasteiger partial charge is 0.507 e. The number of hydrogen-bond acceptors (Lipinski definition) is 8. The van der Waals surface area contributed by atoms with E-state index in [1.807, 2.05) is 0 Å².